The van der Waals surface area contributed by atoms with Crippen molar-refractivity contribution in [2.75, 3.05) is 17.2 Å². The lowest BCUT2D eigenvalue weighted by molar-refractivity contribution is 0.503. The Hall–Kier alpha value is -2.57. The smallest absolute Gasteiger partial charge is 0.224 e. The Balaban J connectivity index is 2.03. The first kappa shape index (κ1) is 11.5. The number of aromatic amines is 1. The lowest BCUT2D eigenvalue weighted by Gasteiger charge is -2.21. The SMILES string of the molecule is CCN(Cc1ccco1)c1nc(N)nc2nc[nH]c12. The molecular weight excluding hydrogens is 244 g/mol. The topological polar surface area (TPSA) is 96.9 Å². The van der Waals surface area contributed by atoms with E-state index in [0.29, 0.717) is 12.2 Å². The zero-order chi connectivity index (χ0) is 13.2. The minimum atomic E-state index is 0.215. The molecule has 0 unspecified atom stereocenters. The van der Waals surface area contributed by atoms with Gasteiger partial charge in [0.2, 0.25) is 5.95 Å². The quantitative estimate of drug-likeness (QED) is 0.737. The Labute approximate surface area is 109 Å². The van der Waals surface area contributed by atoms with Crippen LogP contribution in [-0.4, -0.2) is 26.5 Å². The number of imidazole rings is 1. The summed E-state index contributed by atoms with van der Waals surface area (Å²) < 4.78 is 5.37. The number of anilines is 2. The van der Waals surface area contributed by atoms with E-state index in [1.807, 2.05) is 19.1 Å². The van der Waals surface area contributed by atoms with E-state index < -0.39 is 0 Å². The van der Waals surface area contributed by atoms with Gasteiger partial charge in [0.05, 0.1) is 19.1 Å². The fourth-order valence-electron chi connectivity index (χ4n) is 1.99. The predicted molar refractivity (Wildman–Crippen MR) is 71.5 cm³/mol. The summed E-state index contributed by atoms with van der Waals surface area (Å²) in [6.45, 7) is 3.43. The molecule has 3 rings (SSSR count). The van der Waals surface area contributed by atoms with Crippen molar-refractivity contribution in [1.29, 1.82) is 0 Å². The molecule has 7 heteroatoms. The van der Waals surface area contributed by atoms with Crippen LogP contribution in [0.5, 0.6) is 0 Å². The van der Waals surface area contributed by atoms with Gasteiger partial charge in [-0.05, 0) is 19.1 Å². The highest BCUT2D eigenvalue weighted by Gasteiger charge is 2.15. The van der Waals surface area contributed by atoms with Crippen molar-refractivity contribution in [3.63, 3.8) is 0 Å². The van der Waals surface area contributed by atoms with Crippen molar-refractivity contribution in [2.45, 2.75) is 13.5 Å². The second-order valence-electron chi connectivity index (χ2n) is 4.10. The Bertz CT molecular complexity index is 675. The molecule has 0 aliphatic rings. The third-order valence-corrected chi connectivity index (χ3v) is 2.89. The molecule has 3 heterocycles. The minimum Gasteiger partial charge on any atom is -0.467 e. The highest BCUT2D eigenvalue weighted by molar-refractivity contribution is 5.84. The van der Waals surface area contributed by atoms with Gasteiger partial charge in [-0.2, -0.15) is 9.97 Å². The van der Waals surface area contributed by atoms with Crippen molar-refractivity contribution >= 4 is 22.9 Å². The Morgan fingerprint density at radius 1 is 1.42 bits per heavy atom. The molecule has 3 N–H and O–H groups in total. The Morgan fingerprint density at radius 2 is 2.32 bits per heavy atom. The molecular formula is C12H14N6O. The third-order valence-electron chi connectivity index (χ3n) is 2.89. The molecule has 0 aliphatic heterocycles. The second-order valence-corrected chi connectivity index (χ2v) is 4.10. The summed E-state index contributed by atoms with van der Waals surface area (Å²) in [6.07, 6.45) is 3.24. The van der Waals surface area contributed by atoms with E-state index in [1.54, 1.807) is 12.6 Å². The molecule has 0 amide bonds. The maximum absolute atomic E-state index is 5.72. The number of nitrogens with one attached hydrogen (secondary N) is 1. The summed E-state index contributed by atoms with van der Waals surface area (Å²) in [5.41, 5.74) is 7.07. The number of nitrogens with two attached hydrogens (primary N) is 1. The average Bonchev–Trinajstić information content (AvgIpc) is 3.05. The maximum atomic E-state index is 5.72. The first-order chi connectivity index (χ1) is 9.28. The van der Waals surface area contributed by atoms with Gasteiger partial charge >= 0.3 is 0 Å². The molecule has 0 radical (unpaired) electrons. The van der Waals surface area contributed by atoms with Gasteiger partial charge < -0.3 is 20.0 Å². The van der Waals surface area contributed by atoms with Crippen LogP contribution in [0.4, 0.5) is 11.8 Å². The second kappa shape index (κ2) is 4.60. The number of hydrogen-bond acceptors (Lipinski definition) is 6. The highest BCUT2D eigenvalue weighted by atomic mass is 16.3. The van der Waals surface area contributed by atoms with Crippen LogP contribution in [-0.2, 0) is 6.54 Å². The van der Waals surface area contributed by atoms with Gasteiger partial charge in [-0.25, -0.2) is 4.98 Å². The van der Waals surface area contributed by atoms with E-state index >= 15 is 0 Å². The number of nitrogen functional groups attached to an aromatic ring is 1. The van der Waals surface area contributed by atoms with Crippen LogP contribution < -0.4 is 10.6 Å². The molecule has 0 saturated carbocycles. The number of rotatable bonds is 4. The standard InChI is InChI=1S/C12H14N6O/c1-2-18(6-8-4-3-5-19-8)11-9-10(15-7-14-9)16-12(13)17-11/h3-5,7H,2,6H2,1H3,(H3,13,14,15,16,17). The van der Waals surface area contributed by atoms with E-state index in [9.17, 15) is 0 Å². The number of H-pyrrole nitrogens is 1. The van der Waals surface area contributed by atoms with E-state index in [4.69, 9.17) is 10.2 Å². The lowest BCUT2D eigenvalue weighted by Crippen LogP contribution is -2.23. The van der Waals surface area contributed by atoms with Crippen LogP contribution in [0, 0.1) is 0 Å². The molecule has 0 spiro atoms. The molecule has 98 valence electrons. The first-order valence-electron chi connectivity index (χ1n) is 6.02. The normalized spacial score (nSPS) is 11.0. The molecule has 0 saturated heterocycles. The van der Waals surface area contributed by atoms with E-state index in [0.717, 1.165) is 23.6 Å². The van der Waals surface area contributed by atoms with Crippen LogP contribution >= 0.6 is 0 Å². The molecule has 7 nitrogen and oxygen atoms in total. The van der Waals surface area contributed by atoms with Crippen molar-refractivity contribution in [1.82, 2.24) is 19.9 Å². The van der Waals surface area contributed by atoms with Gasteiger partial charge in [0, 0.05) is 6.54 Å². The molecule has 0 fully saturated rings. The number of fused-ring (bicyclic) bond motifs is 1. The largest absolute Gasteiger partial charge is 0.467 e. The fraction of sp³-hybridized carbons (Fsp3) is 0.250. The monoisotopic (exact) mass is 258 g/mol. The van der Waals surface area contributed by atoms with Crippen molar-refractivity contribution in [3.8, 4) is 0 Å². The lowest BCUT2D eigenvalue weighted by atomic mass is 10.3. The van der Waals surface area contributed by atoms with Crippen LogP contribution in [0.2, 0.25) is 0 Å². The van der Waals surface area contributed by atoms with Crippen LogP contribution in [0.15, 0.2) is 29.1 Å². The zero-order valence-electron chi connectivity index (χ0n) is 10.5. The molecule has 0 atom stereocenters. The van der Waals surface area contributed by atoms with E-state index in [2.05, 4.69) is 24.8 Å². The number of furan rings is 1. The van der Waals surface area contributed by atoms with Gasteiger partial charge in [-0.15, -0.1) is 0 Å². The zero-order valence-corrected chi connectivity index (χ0v) is 10.5. The van der Waals surface area contributed by atoms with E-state index in [1.165, 1.54) is 0 Å². The number of aromatic nitrogens is 4. The molecule has 3 aromatic heterocycles. The minimum absolute atomic E-state index is 0.215. The average molecular weight is 258 g/mol. The van der Waals surface area contributed by atoms with Gasteiger partial charge in [0.25, 0.3) is 0 Å². The van der Waals surface area contributed by atoms with E-state index in [-0.39, 0.29) is 5.95 Å². The number of nitrogens with zero attached hydrogens (tertiary/aromatic N) is 4. The third kappa shape index (κ3) is 2.10. The Kier molecular flexibility index (Phi) is 2.79. The van der Waals surface area contributed by atoms with Crippen molar-refractivity contribution in [3.05, 3.63) is 30.5 Å². The summed E-state index contributed by atoms with van der Waals surface area (Å²) >= 11 is 0. The first-order valence-corrected chi connectivity index (χ1v) is 6.02. The molecule has 19 heavy (non-hydrogen) atoms. The molecule has 0 bridgehead atoms. The van der Waals surface area contributed by atoms with Gasteiger partial charge in [0.15, 0.2) is 11.5 Å². The summed E-state index contributed by atoms with van der Waals surface area (Å²) in [4.78, 5) is 17.6. The fourth-order valence-corrected chi connectivity index (χ4v) is 1.99. The predicted octanol–water partition coefficient (Wildman–Crippen LogP) is 1.55. The van der Waals surface area contributed by atoms with Gasteiger partial charge in [0.1, 0.15) is 11.3 Å². The van der Waals surface area contributed by atoms with Gasteiger partial charge in [-0.1, -0.05) is 0 Å². The number of hydrogen-bond donors (Lipinski definition) is 2. The summed E-state index contributed by atoms with van der Waals surface area (Å²) in [6, 6.07) is 3.79. The van der Waals surface area contributed by atoms with Crippen molar-refractivity contribution in [2.24, 2.45) is 0 Å². The molecule has 0 aliphatic carbocycles. The van der Waals surface area contributed by atoms with Crippen molar-refractivity contribution < 1.29 is 4.42 Å². The van der Waals surface area contributed by atoms with Gasteiger partial charge in [-0.3, -0.25) is 0 Å². The maximum Gasteiger partial charge on any atom is 0.224 e. The Morgan fingerprint density at radius 3 is 3.05 bits per heavy atom. The summed E-state index contributed by atoms with van der Waals surface area (Å²) in [5, 5.41) is 0. The summed E-state index contributed by atoms with van der Waals surface area (Å²) in [5.74, 6) is 1.82. The molecule has 3 aromatic rings. The van der Waals surface area contributed by atoms with Crippen LogP contribution in [0.3, 0.4) is 0 Å². The highest BCUT2D eigenvalue weighted by Crippen LogP contribution is 2.23. The summed E-state index contributed by atoms with van der Waals surface area (Å²) in [7, 11) is 0. The van der Waals surface area contributed by atoms with Crippen LogP contribution in [0.1, 0.15) is 12.7 Å². The molecule has 0 aromatic carbocycles. The van der Waals surface area contributed by atoms with Crippen LogP contribution in [0.25, 0.3) is 11.2 Å².